The molecule has 1 fully saturated rings. The predicted molar refractivity (Wildman–Crippen MR) is 69.9 cm³/mol. The second-order valence-corrected chi connectivity index (χ2v) is 4.94. The van der Waals surface area contributed by atoms with E-state index in [0.29, 0.717) is 25.2 Å². The maximum Gasteiger partial charge on any atom is 0.158 e. The molecule has 0 aromatic rings. The molecular weight excluding hydrogens is 212 g/mol. The highest BCUT2D eigenvalue weighted by Gasteiger charge is 2.16. The van der Waals surface area contributed by atoms with Gasteiger partial charge in [-0.05, 0) is 24.3 Å². The summed E-state index contributed by atoms with van der Waals surface area (Å²) >= 11 is 0. The Kier molecular flexibility index (Phi) is 6.17. The van der Waals surface area contributed by atoms with Crippen LogP contribution in [0.15, 0.2) is 11.6 Å². The third-order valence-electron chi connectivity index (χ3n) is 3.55. The van der Waals surface area contributed by atoms with Gasteiger partial charge >= 0.3 is 0 Å². The van der Waals surface area contributed by atoms with Crippen molar-refractivity contribution in [3.8, 4) is 0 Å². The average molecular weight is 236 g/mol. The van der Waals surface area contributed by atoms with Crippen molar-refractivity contribution in [1.82, 2.24) is 0 Å². The molecule has 0 aliphatic heterocycles. The van der Waals surface area contributed by atoms with Crippen molar-refractivity contribution in [2.75, 3.05) is 0 Å². The smallest absolute Gasteiger partial charge is 0.158 e. The van der Waals surface area contributed by atoms with Gasteiger partial charge in [-0.15, -0.1) is 0 Å². The van der Waals surface area contributed by atoms with Crippen LogP contribution in [0.25, 0.3) is 0 Å². The zero-order valence-electron chi connectivity index (χ0n) is 11.1. The minimum absolute atomic E-state index is 0.150. The summed E-state index contributed by atoms with van der Waals surface area (Å²) in [6.07, 6.45) is 9.68. The lowest BCUT2D eigenvalue weighted by Gasteiger charge is -2.19. The summed E-state index contributed by atoms with van der Waals surface area (Å²) in [6.45, 7) is 3.73. The van der Waals surface area contributed by atoms with Gasteiger partial charge in [-0.3, -0.25) is 9.59 Å². The maximum atomic E-state index is 11.8. The molecule has 0 atom stereocenters. The number of carbonyl (C=O) groups excluding carboxylic acids is 2. The quantitative estimate of drug-likeness (QED) is 0.657. The van der Waals surface area contributed by atoms with E-state index >= 15 is 0 Å². The minimum Gasteiger partial charge on any atom is -0.299 e. The van der Waals surface area contributed by atoms with Crippen molar-refractivity contribution in [2.45, 2.75) is 65.2 Å². The number of carbonyl (C=O) groups is 2. The van der Waals surface area contributed by atoms with E-state index in [1.54, 1.807) is 0 Å². The molecule has 96 valence electrons. The van der Waals surface area contributed by atoms with Gasteiger partial charge in [-0.25, -0.2) is 0 Å². The molecule has 1 aliphatic rings. The van der Waals surface area contributed by atoms with E-state index in [2.05, 4.69) is 6.08 Å². The molecule has 0 bridgehead atoms. The van der Waals surface area contributed by atoms with Gasteiger partial charge < -0.3 is 0 Å². The Morgan fingerprint density at radius 3 is 2.24 bits per heavy atom. The molecule has 0 unspecified atom stereocenters. The van der Waals surface area contributed by atoms with Crippen LogP contribution in [0.1, 0.15) is 65.2 Å². The van der Waals surface area contributed by atoms with Gasteiger partial charge in [0.15, 0.2) is 5.78 Å². The third kappa shape index (κ3) is 4.84. The molecule has 2 nitrogen and oxygen atoms in total. The van der Waals surface area contributed by atoms with Gasteiger partial charge in [-0.1, -0.05) is 39.2 Å². The standard InChI is InChI=1S/C15H24O2/c1-3-14(16)11-13(15(17)4-2)10-12-8-6-5-7-9-12/h10,12H,3-9,11H2,1-2H3/b13-10+. The summed E-state index contributed by atoms with van der Waals surface area (Å²) in [4.78, 5) is 23.3. The van der Waals surface area contributed by atoms with Crippen molar-refractivity contribution < 1.29 is 9.59 Å². The minimum atomic E-state index is 0.150. The van der Waals surface area contributed by atoms with Gasteiger partial charge in [0.1, 0.15) is 5.78 Å². The summed E-state index contributed by atoms with van der Waals surface area (Å²) in [5, 5.41) is 0. The molecule has 0 radical (unpaired) electrons. The number of Topliss-reactive ketones (excluding diaryl/α,β-unsaturated/α-hetero) is 2. The molecule has 0 aromatic carbocycles. The van der Waals surface area contributed by atoms with Gasteiger partial charge in [0, 0.05) is 19.3 Å². The first kappa shape index (κ1) is 14.1. The Morgan fingerprint density at radius 1 is 1.06 bits per heavy atom. The Balaban J connectivity index is 2.69. The zero-order chi connectivity index (χ0) is 12.7. The van der Waals surface area contributed by atoms with Crippen LogP contribution in [-0.4, -0.2) is 11.6 Å². The van der Waals surface area contributed by atoms with E-state index in [0.717, 1.165) is 5.57 Å². The number of allylic oxidation sites excluding steroid dienone is 2. The number of ketones is 2. The molecule has 0 spiro atoms. The molecule has 0 heterocycles. The summed E-state index contributed by atoms with van der Waals surface area (Å²) in [5.74, 6) is 0.852. The van der Waals surface area contributed by atoms with Gasteiger partial charge in [0.25, 0.3) is 0 Å². The van der Waals surface area contributed by atoms with Crippen LogP contribution in [0.2, 0.25) is 0 Å². The topological polar surface area (TPSA) is 34.1 Å². The first-order chi connectivity index (χ1) is 8.17. The lowest BCUT2D eigenvalue weighted by Crippen LogP contribution is -2.11. The Morgan fingerprint density at radius 2 is 1.71 bits per heavy atom. The summed E-state index contributed by atoms with van der Waals surface area (Å²) in [7, 11) is 0. The van der Waals surface area contributed by atoms with E-state index in [1.807, 2.05) is 13.8 Å². The normalized spacial score (nSPS) is 18.1. The van der Waals surface area contributed by atoms with E-state index in [9.17, 15) is 9.59 Å². The number of rotatable bonds is 6. The highest BCUT2D eigenvalue weighted by Crippen LogP contribution is 2.26. The second kappa shape index (κ2) is 7.41. The highest BCUT2D eigenvalue weighted by atomic mass is 16.1. The van der Waals surface area contributed by atoms with Crippen molar-refractivity contribution in [2.24, 2.45) is 5.92 Å². The van der Waals surface area contributed by atoms with Crippen molar-refractivity contribution >= 4 is 11.6 Å². The summed E-state index contributed by atoms with van der Waals surface area (Å²) in [6, 6.07) is 0. The number of hydrogen-bond acceptors (Lipinski definition) is 2. The van der Waals surface area contributed by atoms with E-state index < -0.39 is 0 Å². The molecule has 17 heavy (non-hydrogen) atoms. The summed E-state index contributed by atoms with van der Waals surface area (Å²) in [5.41, 5.74) is 0.770. The van der Waals surface area contributed by atoms with Crippen LogP contribution in [0.5, 0.6) is 0 Å². The first-order valence-electron chi connectivity index (χ1n) is 6.93. The fourth-order valence-corrected chi connectivity index (χ4v) is 2.40. The number of hydrogen-bond donors (Lipinski definition) is 0. The fourth-order valence-electron chi connectivity index (χ4n) is 2.40. The van der Waals surface area contributed by atoms with Gasteiger partial charge in [0.2, 0.25) is 0 Å². The van der Waals surface area contributed by atoms with Crippen LogP contribution >= 0.6 is 0 Å². The average Bonchev–Trinajstić information content (AvgIpc) is 2.38. The van der Waals surface area contributed by atoms with Crippen molar-refractivity contribution in [3.05, 3.63) is 11.6 Å². The highest BCUT2D eigenvalue weighted by molar-refractivity contribution is 6.00. The van der Waals surface area contributed by atoms with Crippen LogP contribution in [-0.2, 0) is 9.59 Å². The Bertz CT molecular complexity index is 296. The molecule has 2 heteroatoms. The monoisotopic (exact) mass is 236 g/mol. The molecule has 1 rings (SSSR count). The zero-order valence-corrected chi connectivity index (χ0v) is 11.1. The Labute approximate surface area is 104 Å². The van der Waals surface area contributed by atoms with Crippen molar-refractivity contribution in [3.63, 3.8) is 0 Å². The third-order valence-corrected chi connectivity index (χ3v) is 3.55. The first-order valence-corrected chi connectivity index (χ1v) is 6.93. The molecule has 0 N–H and O–H groups in total. The van der Waals surface area contributed by atoms with Crippen LogP contribution < -0.4 is 0 Å². The lowest BCUT2D eigenvalue weighted by atomic mass is 9.86. The lowest BCUT2D eigenvalue weighted by molar-refractivity contribution is -0.120. The van der Waals surface area contributed by atoms with Crippen LogP contribution in [0.3, 0.4) is 0 Å². The SMILES string of the molecule is CCC(=O)C/C(=C\C1CCCCC1)C(=O)CC. The molecule has 0 saturated heterocycles. The van der Waals surface area contributed by atoms with Crippen LogP contribution in [0.4, 0.5) is 0 Å². The van der Waals surface area contributed by atoms with Crippen LogP contribution in [0, 0.1) is 5.92 Å². The van der Waals surface area contributed by atoms with Gasteiger partial charge in [-0.2, -0.15) is 0 Å². The molecule has 1 aliphatic carbocycles. The van der Waals surface area contributed by atoms with E-state index in [-0.39, 0.29) is 11.6 Å². The summed E-state index contributed by atoms with van der Waals surface area (Å²) < 4.78 is 0. The molecule has 0 aromatic heterocycles. The van der Waals surface area contributed by atoms with E-state index in [1.165, 1.54) is 32.1 Å². The fraction of sp³-hybridized carbons (Fsp3) is 0.733. The molecular formula is C15H24O2. The predicted octanol–water partition coefficient (Wildman–Crippen LogP) is 3.84. The maximum absolute atomic E-state index is 11.8. The van der Waals surface area contributed by atoms with Gasteiger partial charge in [0.05, 0.1) is 0 Å². The Hall–Kier alpha value is -0.920. The van der Waals surface area contributed by atoms with Crippen molar-refractivity contribution in [1.29, 1.82) is 0 Å². The largest absolute Gasteiger partial charge is 0.299 e. The molecule has 0 amide bonds. The second-order valence-electron chi connectivity index (χ2n) is 4.94. The van der Waals surface area contributed by atoms with E-state index in [4.69, 9.17) is 0 Å². The molecule has 1 saturated carbocycles.